The minimum Gasteiger partial charge on any atom is -0.324 e. The van der Waals surface area contributed by atoms with Crippen molar-refractivity contribution in [3.63, 3.8) is 0 Å². The maximum Gasteiger partial charge on any atom is 0.211 e. The van der Waals surface area contributed by atoms with E-state index in [0.29, 0.717) is 6.42 Å². The Morgan fingerprint density at radius 3 is 2.33 bits per heavy atom. The molecule has 0 aromatic heterocycles. The van der Waals surface area contributed by atoms with Crippen LogP contribution in [0, 0.1) is 0 Å². The molecule has 0 fully saturated rings. The summed E-state index contributed by atoms with van der Waals surface area (Å²) in [5, 5.41) is 0. The first-order valence-corrected chi connectivity index (χ1v) is 6.19. The average molecular weight is 229 g/mol. The number of benzene rings is 1. The summed E-state index contributed by atoms with van der Waals surface area (Å²) in [4.78, 5) is 0. The number of sulfonamides is 1. The van der Waals surface area contributed by atoms with Crippen molar-refractivity contribution >= 4 is 15.7 Å². The third kappa shape index (κ3) is 3.86. The van der Waals surface area contributed by atoms with Crippen LogP contribution in [0.1, 0.15) is 5.56 Å². The van der Waals surface area contributed by atoms with Crippen LogP contribution in [0.25, 0.3) is 0 Å². The van der Waals surface area contributed by atoms with Crippen LogP contribution in [-0.2, 0) is 16.4 Å². The molecule has 0 saturated carbocycles. The lowest BCUT2D eigenvalue weighted by Gasteiger charge is -2.04. The maximum absolute atomic E-state index is 11.2. The van der Waals surface area contributed by atoms with Gasteiger partial charge in [0.15, 0.2) is 0 Å². The van der Waals surface area contributed by atoms with E-state index < -0.39 is 10.0 Å². The summed E-state index contributed by atoms with van der Waals surface area (Å²) in [6.45, 7) is 0. The molecule has 0 radical (unpaired) electrons. The van der Waals surface area contributed by atoms with E-state index in [1.807, 2.05) is 12.1 Å². The molecule has 0 aliphatic carbocycles. The van der Waals surface area contributed by atoms with Crippen LogP contribution in [0.3, 0.4) is 0 Å². The van der Waals surface area contributed by atoms with Crippen LogP contribution in [0.4, 0.5) is 5.69 Å². The van der Waals surface area contributed by atoms with Gasteiger partial charge in [-0.1, -0.05) is 12.1 Å². The van der Waals surface area contributed by atoms with Gasteiger partial charge >= 0.3 is 0 Å². The van der Waals surface area contributed by atoms with Crippen molar-refractivity contribution in [2.75, 3.05) is 18.2 Å². The summed E-state index contributed by atoms with van der Waals surface area (Å²) in [5.74, 6) is 5.30. The van der Waals surface area contributed by atoms with Crippen LogP contribution in [0.15, 0.2) is 24.3 Å². The molecule has 15 heavy (non-hydrogen) atoms. The Hall–Kier alpha value is -1.11. The summed E-state index contributed by atoms with van der Waals surface area (Å²) >= 11 is 0. The Labute approximate surface area is 89.7 Å². The molecule has 1 rings (SSSR count). The van der Waals surface area contributed by atoms with Gasteiger partial charge in [0.1, 0.15) is 0 Å². The Kier molecular flexibility index (Phi) is 4.07. The third-order valence-corrected chi connectivity index (χ3v) is 3.45. The van der Waals surface area contributed by atoms with E-state index in [9.17, 15) is 8.42 Å². The first-order valence-electron chi connectivity index (χ1n) is 4.54. The number of aryl methyl sites for hydroxylation is 1. The van der Waals surface area contributed by atoms with Gasteiger partial charge in [-0.2, -0.15) is 0 Å². The highest BCUT2D eigenvalue weighted by molar-refractivity contribution is 7.89. The topological polar surface area (TPSA) is 84.2 Å². The molecule has 0 bridgehead atoms. The largest absolute Gasteiger partial charge is 0.324 e. The summed E-state index contributed by atoms with van der Waals surface area (Å²) < 4.78 is 24.6. The Bertz CT molecular complexity index is 400. The number of rotatable bonds is 5. The number of hydrogen-bond acceptors (Lipinski definition) is 4. The lowest BCUT2D eigenvalue weighted by molar-refractivity contribution is 0.587. The summed E-state index contributed by atoms with van der Waals surface area (Å²) in [7, 11) is -1.71. The molecule has 0 unspecified atom stereocenters. The van der Waals surface area contributed by atoms with Crippen molar-refractivity contribution in [3.8, 4) is 0 Å². The molecule has 1 aromatic rings. The van der Waals surface area contributed by atoms with Gasteiger partial charge in [-0.15, -0.1) is 0 Å². The Balaban J connectivity index is 2.59. The van der Waals surface area contributed by atoms with Crippen LogP contribution in [0.2, 0.25) is 0 Å². The van der Waals surface area contributed by atoms with E-state index in [1.54, 1.807) is 12.1 Å². The minimum atomic E-state index is -3.12. The van der Waals surface area contributed by atoms with Gasteiger partial charge in [-0.05, 0) is 31.2 Å². The molecular formula is C9H15N3O2S. The number of anilines is 1. The fraction of sp³-hybridized carbons (Fsp3) is 0.333. The molecule has 6 heteroatoms. The van der Waals surface area contributed by atoms with Crippen molar-refractivity contribution in [2.45, 2.75) is 6.42 Å². The van der Waals surface area contributed by atoms with Crippen molar-refractivity contribution in [3.05, 3.63) is 29.8 Å². The van der Waals surface area contributed by atoms with E-state index >= 15 is 0 Å². The second-order valence-corrected chi connectivity index (χ2v) is 5.16. The van der Waals surface area contributed by atoms with E-state index in [1.165, 1.54) is 7.05 Å². The molecule has 0 aliphatic rings. The lowest BCUT2D eigenvalue weighted by Crippen LogP contribution is -2.23. The molecule has 0 heterocycles. The fourth-order valence-electron chi connectivity index (χ4n) is 1.12. The van der Waals surface area contributed by atoms with Crippen LogP contribution < -0.4 is 16.0 Å². The summed E-state index contributed by atoms with van der Waals surface area (Å²) in [6.07, 6.45) is 0.494. The van der Waals surface area contributed by atoms with Gasteiger partial charge < -0.3 is 5.43 Å². The third-order valence-electron chi connectivity index (χ3n) is 2.09. The molecule has 0 atom stereocenters. The number of nitrogens with two attached hydrogens (primary N) is 1. The first-order chi connectivity index (χ1) is 7.07. The second-order valence-electron chi connectivity index (χ2n) is 3.11. The fourth-order valence-corrected chi connectivity index (χ4v) is 1.83. The molecule has 0 amide bonds. The van der Waals surface area contributed by atoms with Crippen LogP contribution in [-0.4, -0.2) is 21.2 Å². The van der Waals surface area contributed by atoms with Crippen molar-refractivity contribution < 1.29 is 8.42 Å². The quantitative estimate of drug-likeness (QED) is 0.492. The van der Waals surface area contributed by atoms with Gasteiger partial charge in [0.25, 0.3) is 0 Å². The number of nitrogen functional groups attached to an aromatic ring is 1. The zero-order valence-corrected chi connectivity index (χ0v) is 9.34. The van der Waals surface area contributed by atoms with E-state index in [0.717, 1.165) is 11.3 Å². The first kappa shape index (κ1) is 12.0. The lowest BCUT2D eigenvalue weighted by atomic mass is 10.1. The number of nitrogens with one attached hydrogen (secondary N) is 2. The van der Waals surface area contributed by atoms with Crippen LogP contribution >= 0.6 is 0 Å². The molecule has 0 aliphatic heterocycles. The molecule has 5 nitrogen and oxygen atoms in total. The van der Waals surface area contributed by atoms with E-state index in [4.69, 9.17) is 5.84 Å². The van der Waals surface area contributed by atoms with Gasteiger partial charge in [0.2, 0.25) is 10.0 Å². The molecule has 0 spiro atoms. The maximum atomic E-state index is 11.2. The predicted octanol–water partition coefficient (Wildman–Crippen LogP) is 0.0639. The summed E-state index contributed by atoms with van der Waals surface area (Å²) in [5.41, 5.74) is 4.27. The Morgan fingerprint density at radius 1 is 1.27 bits per heavy atom. The van der Waals surface area contributed by atoms with Gasteiger partial charge in [0.05, 0.1) is 5.75 Å². The zero-order valence-electron chi connectivity index (χ0n) is 8.53. The average Bonchev–Trinajstić information content (AvgIpc) is 2.27. The normalized spacial score (nSPS) is 11.3. The smallest absolute Gasteiger partial charge is 0.211 e. The highest BCUT2D eigenvalue weighted by Crippen LogP contribution is 2.08. The van der Waals surface area contributed by atoms with Gasteiger partial charge in [-0.3, -0.25) is 5.84 Å². The van der Waals surface area contributed by atoms with Crippen molar-refractivity contribution in [2.24, 2.45) is 5.84 Å². The number of hydrazine groups is 1. The van der Waals surface area contributed by atoms with Gasteiger partial charge in [-0.25, -0.2) is 13.1 Å². The van der Waals surface area contributed by atoms with Crippen molar-refractivity contribution in [1.29, 1.82) is 0 Å². The van der Waals surface area contributed by atoms with Crippen molar-refractivity contribution in [1.82, 2.24) is 4.72 Å². The highest BCUT2D eigenvalue weighted by atomic mass is 32.2. The summed E-state index contributed by atoms with van der Waals surface area (Å²) in [6, 6.07) is 7.31. The SMILES string of the molecule is CNS(=O)(=O)CCc1ccc(NN)cc1. The second kappa shape index (κ2) is 5.11. The highest BCUT2D eigenvalue weighted by Gasteiger charge is 2.06. The predicted molar refractivity (Wildman–Crippen MR) is 60.8 cm³/mol. The minimum absolute atomic E-state index is 0.0961. The molecule has 4 N–H and O–H groups in total. The standard InChI is InChI=1S/C9H15N3O2S/c1-11-15(13,14)7-6-8-2-4-9(12-10)5-3-8/h2-5,11-12H,6-7,10H2,1H3. The van der Waals surface area contributed by atoms with Gasteiger partial charge in [0, 0.05) is 5.69 Å². The molecule has 84 valence electrons. The monoisotopic (exact) mass is 229 g/mol. The molecular weight excluding hydrogens is 214 g/mol. The Morgan fingerprint density at radius 2 is 1.87 bits per heavy atom. The van der Waals surface area contributed by atoms with E-state index in [-0.39, 0.29) is 5.75 Å². The zero-order chi connectivity index (χ0) is 11.3. The number of hydrogen-bond donors (Lipinski definition) is 3. The molecule has 0 saturated heterocycles. The van der Waals surface area contributed by atoms with Crippen LogP contribution in [0.5, 0.6) is 0 Å². The molecule has 1 aromatic carbocycles. The van der Waals surface area contributed by atoms with E-state index in [2.05, 4.69) is 10.1 Å².